The van der Waals surface area contributed by atoms with Crippen molar-refractivity contribution in [3.63, 3.8) is 0 Å². The van der Waals surface area contributed by atoms with E-state index in [1.54, 1.807) is 0 Å². The predicted molar refractivity (Wildman–Crippen MR) is 84.5 cm³/mol. The first-order valence-corrected chi connectivity index (χ1v) is 6.70. The number of ether oxygens (including phenoxy) is 1. The molecule has 3 aromatic rings. The summed E-state index contributed by atoms with van der Waals surface area (Å²) in [4.78, 5) is 9.92. The maximum Gasteiger partial charge on any atom is 0.309 e. The van der Waals surface area contributed by atoms with Gasteiger partial charge in [-0.15, -0.1) is 20.4 Å². The Morgan fingerprint density at radius 3 is 2.48 bits per heavy atom. The number of nitrogens with zero attached hydrogens (tertiary/aromatic N) is 8. The van der Waals surface area contributed by atoms with Gasteiger partial charge in [0.25, 0.3) is 11.7 Å². The van der Waals surface area contributed by atoms with Crippen LogP contribution in [0.4, 0.5) is 23.3 Å². The number of nitrogen functional groups attached to an aromatic ring is 1. The molecule has 2 heterocycles. The van der Waals surface area contributed by atoms with Gasteiger partial charge in [0.15, 0.2) is 0 Å². The zero-order chi connectivity index (χ0) is 16.4. The lowest BCUT2D eigenvalue weighted by Gasteiger charge is -2.11. The van der Waals surface area contributed by atoms with E-state index in [0.717, 1.165) is 5.69 Å². The normalized spacial score (nSPS) is 11.3. The largest absolute Gasteiger partial charge is 0.468 e. The lowest BCUT2D eigenvalue weighted by Crippen LogP contribution is -2.07. The standard InChI is InChI=1S/C13H15N9O/c1-21(2)9-6-4-8(5-7-9)17-19-12-20-18-11-15-10(14)16-13(23-3)22(11)12/h4-7H,1-3H3,(H2,14,15,18). The van der Waals surface area contributed by atoms with Gasteiger partial charge in [-0.3, -0.25) is 0 Å². The Hall–Kier alpha value is -3.30. The van der Waals surface area contributed by atoms with E-state index in [-0.39, 0.29) is 23.7 Å². The number of nitrogens with two attached hydrogens (primary N) is 1. The average Bonchev–Trinajstić information content (AvgIpc) is 2.95. The highest BCUT2D eigenvalue weighted by molar-refractivity contribution is 5.51. The van der Waals surface area contributed by atoms with Gasteiger partial charge in [-0.25, -0.2) is 0 Å². The molecule has 0 aliphatic rings. The minimum atomic E-state index is 0.0458. The van der Waals surface area contributed by atoms with Crippen LogP contribution in [0.5, 0.6) is 6.01 Å². The van der Waals surface area contributed by atoms with Gasteiger partial charge in [-0.05, 0) is 24.3 Å². The van der Waals surface area contributed by atoms with Crippen molar-refractivity contribution in [2.75, 3.05) is 31.8 Å². The molecule has 0 aliphatic carbocycles. The van der Waals surface area contributed by atoms with Crippen LogP contribution in [0, 0.1) is 0 Å². The zero-order valence-electron chi connectivity index (χ0n) is 12.9. The highest BCUT2D eigenvalue weighted by Crippen LogP contribution is 2.22. The molecule has 0 fully saturated rings. The van der Waals surface area contributed by atoms with Crippen molar-refractivity contribution in [3.8, 4) is 6.01 Å². The molecule has 0 unspecified atom stereocenters. The first-order chi connectivity index (χ1) is 11.1. The molecule has 1 aromatic carbocycles. The molecular weight excluding hydrogens is 298 g/mol. The summed E-state index contributed by atoms with van der Waals surface area (Å²) < 4.78 is 6.57. The maximum atomic E-state index is 5.57. The quantitative estimate of drug-likeness (QED) is 0.726. The minimum absolute atomic E-state index is 0.0458. The van der Waals surface area contributed by atoms with Crippen molar-refractivity contribution in [1.82, 2.24) is 24.6 Å². The molecule has 10 nitrogen and oxygen atoms in total. The first kappa shape index (κ1) is 14.6. The van der Waals surface area contributed by atoms with Gasteiger partial charge < -0.3 is 15.4 Å². The van der Waals surface area contributed by atoms with Crippen LogP contribution < -0.4 is 15.4 Å². The van der Waals surface area contributed by atoms with Crippen LogP contribution in [0.2, 0.25) is 0 Å². The molecule has 0 saturated carbocycles. The van der Waals surface area contributed by atoms with E-state index in [1.807, 2.05) is 43.3 Å². The second-order valence-electron chi connectivity index (χ2n) is 4.81. The van der Waals surface area contributed by atoms with Crippen LogP contribution in [0.25, 0.3) is 5.78 Å². The number of methoxy groups -OCH3 is 1. The Morgan fingerprint density at radius 1 is 1.09 bits per heavy atom. The third-order valence-electron chi connectivity index (χ3n) is 3.05. The zero-order valence-corrected chi connectivity index (χ0v) is 12.9. The molecule has 0 aliphatic heterocycles. The van der Waals surface area contributed by atoms with Crippen molar-refractivity contribution >= 4 is 29.0 Å². The molecular formula is C13H15N9O. The Labute approximate surface area is 131 Å². The van der Waals surface area contributed by atoms with E-state index in [0.29, 0.717) is 5.69 Å². The van der Waals surface area contributed by atoms with Gasteiger partial charge in [0.1, 0.15) is 0 Å². The molecule has 2 N–H and O–H groups in total. The predicted octanol–water partition coefficient (Wildman–Crippen LogP) is 1.59. The number of hydrogen-bond donors (Lipinski definition) is 1. The molecule has 0 spiro atoms. The third-order valence-corrected chi connectivity index (χ3v) is 3.05. The number of anilines is 2. The second kappa shape index (κ2) is 5.83. The first-order valence-electron chi connectivity index (χ1n) is 6.70. The van der Waals surface area contributed by atoms with Crippen molar-refractivity contribution in [2.45, 2.75) is 0 Å². The fraction of sp³-hybridized carbons (Fsp3) is 0.231. The lowest BCUT2D eigenvalue weighted by atomic mass is 10.3. The molecule has 0 amide bonds. The summed E-state index contributed by atoms with van der Waals surface area (Å²) in [5, 5.41) is 16.0. The van der Waals surface area contributed by atoms with Gasteiger partial charge in [0.05, 0.1) is 12.8 Å². The monoisotopic (exact) mass is 313 g/mol. The Bertz CT molecular complexity index is 854. The van der Waals surface area contributed by atoms with Crippen molar-refractivity contribution in [2.24, 2.45) is 10.2 Å². The molecule has 0 radical (unpaired) electrons. The molecule has 10 heteroatoms. The van der Waals surface area contributed by atoms with E-state index >= 15 is 0 Å². The topological polar surface area (TPSA) is 119 Å². The molecule has 0 atom stereocenters. The van der Waals surface area contributed by atoms with Crippen molar-refractivity contribution < 1.29 is 4.74 Å². The molecule has 0 saturated heterocycles. The molecule has 2 aromatic heterocycles. The number of rotatable bonds is 4. The van der Waals surface area contributed by atoms with Crippen LogP contribution in [-0.2, 0) is 0 Å². The number of benzene rings is 1. The fourth-order valence-electron chi connectivity index (χ4n) is 1.91. The number of aromatic nitrogens is 5. The van der Waals surface area contributed by atoms with E-state index in [2.05, 4.69) is 30.4 Å². The van der Waals surface area contributed by atoms with Crippen LogP contribution >= 0.6 is 0 Å². The lowest BCUT2D eigenvalue weighted by molar-refractivity contribution is 0.373. The van der Waals surface area contributed by atoms with Gasteiger partial charge >= 0.3 is 6.01 Å². The third kappa shape index (κ3) is 2.86. The molecule has 3 rings (SSSR count). The SMILES string of the molecule is COc1nc(N)nc2nnc(N=Nc3ccc(N(C)C)cc3)n12. The smallest absolute Gasteiger partial charge is 0.309 e. The number of azo groups is 1. The van der Waals surface area contributed by atoms with E-state index < -0.39 is 0 Å². The molecule has 23 heavy (non-hydrogen) atoms. The Morgan fingerprint density at radius 2 is 1.83 bits per heavy atom. The summed E-state index contributed by atoms with van der Waals surface area (Å²) in [6.45, 7) is 0. The number of fused-ring (bicyclic) bond motifs is 1. The van der Waals surface area contributed by atoms with Crippen LogP contribution in [0.15, 0.2) is 34.5 Å². The fourth-order valence-corrected chi connectivity index (χ4v) is 1.91. The van der Waals surface area contributed by atoms with Crippen LogP contribution in [0.3, 0.4) is 0 Å². The van der Waals surface area contributed by atoms with Gasteiger partial charge in [-0.2, -0.15) is 14.4 Å². The summed E-state index contributed by atoms with van der Waals surface area (Å²) in [7, 11) is 5.40. The van der Waals surface area contributed by atoms with Crippen LogP contribution in [-0.4, -0.2) is 45.8 Å². The highest BCUT2D eigenvalue weighted by atomic mass is 16.5. The van der Waals surface area contributed by atoms with E-state index in [9.17, 15) is 0 Å². The number of hydrogen-bond acceptors (Lipinski definition) is 9. The second-order valence-corrected chi connectivity index (χ2v) is 4.81. The minimum Gasteiger partial charge on any atom is -0.468 e. The van der Waals surface area contributed by atoms with Crippen molar-refractivity contribution in [3.05, 3.63) is 24.3 Å². The van der Waals surface area contributed by atoms with Crippen molar-refractivity contribution in [1.29, 1.82) is 0 Å². The average molecular weight is 313 g/mol. The maximum absolute atomic E-state index is 5.57. The van der Waals surface area contributed by atoms with Gasteiger partial charge in [-0.1, -0.05) is 0 Å². The summed E-state index contributed by atoms with van der Waals surface area (Å²) in [5.41, 5.74) is 7.33. The van der Waals surface area contributed by atoms with E-state index in [4.69, 9.17) is 10.5 Å². The Kier molecular flexibility index (Phi) is 3.71. The summed E-state index contributed by atoms with van der Waals surface area (Å²) >= 11 is 0. The molecule has 118 valence electrons. The van der Waals surface area contributed by atoms with Gasteiger partial charge in [0.2, 0.25) is 5.95 Å². The summed E-state index contributed by atoms with van der Waals surface area (Å²) in [6.07, 6.45) is 0. The van der Waals surface area contributed by atoms with Crippen LogP contribution in [0.1, 0.15) is 0 Å². The Balaban J connectivity index is 1.95. The van der Waals surface area contributed by atoms with E-state index in [1.165, 1.54) is 11.5 Å². The summed E-state index contributed by atoms with van der Waals surface area (Å²) in [6, 6.07) is 7.79. The highest BCUT2D eigenvalue weighted by Gasteiger charge is 2.13. The molecule has 0 bridgehead atoms. The van der Waals surface area contributed by atoms with Gasteiger partial charge in [0, 0.05) is 19.8 Å². The summed E-state index contributed by atoms with van der Waals surface area (Å²) in [5.74, 6) is 0.490.